The second kappa shape index (κ2) is 9.23. The Bertz CT molecular complexity index is 764. The first kappa shape index (κ1) is 18.2. The van der Waals surface area contributed by atoms with Crippen LogP contribution in [0.3, 0.4) is 0 Å². The van der Waals surface area contributed by atoms with Crippen molar-refractivity contribution < 1.29 is 14.3 Å². The summed E-state index contributed by atoms with van der Waals surface area (Å²) in [6, 6.07) is 7.62. The molecule has 0 N–H and O–H groups in total. The van der Waals surface area contributed by atoms with Gasteiger partial charge in [-0.2, -0.15) is 0 Å². The van der Waals surface area contributed by atoms with E-state index in [1.165, 1.54) is 16.9 Å². The van der Waals surface area contributed by atoms with E-state index in [9.17, 15) is 9.59 Å². The van der Waals surface area contributed by atoms with E-state index in [0.29, 0.717) is 25.4 Å². The normalized spacial score (nSPS) is 10.5. The number of unbranched alkanes of at least 4 members (excludes halogenated alkanes) is 1. The van der Waals surface area contributed by atoms with Crippen LogP contribution in [0.4, 0.5) is 0 Å². The van der Waals surface area contributed by atoms with Crippen LogP contribution in [0, 0.1) is 0 Å². The zero-order valence-electron chi connectivity index (χ0n) is 13.9. The molecule has 0 amide bonds. The van der Waals surface area contributed by atoms with Gasteiger partial charge in [0.1, 0.15) is 5.75 Å². The molecule has 0 saturated heterocycles. The minimum atomic E-state index is -0.411. The number of hydrogen-bond donors (Lipinski definition) is 0. The van der Waals surface area contributed by atoms with Gasteiger partial charge in [0.15, 0.2) is 0 Å². The van der Waals surface area contributed by atoms with Crippen LogP contribution in [-0.4, -0.2) is 19.2 Å². The van der Waals surface area contributed by atoms with Crippen molar-refractivity contribution in [3.05, 3.63) is 52.0 Å². The average molecular weight is 346 g/mol. The lowest BCUT2D eigenvalue weighted by atomic mass is 10.1. The number of ether oxygens (including phenoxy) is 2. The molecule has 0 saturated carbocycles. The highest BCUT2D eigenvalue weighted by Crippen LogP contribution is 2.29. The van der Waals surface area contributed by atoms with Crippen molar-refractivity contribution in [2.24, 2.45) is 0 Å². The zero-order valence-corrected chi connectivity index (χ0v) is 14.7. The Morgan fingerprint density at radius 3 is 2.83 bits per heavy atom. The van der Waals surface area contributed by atoms with Gasteiger partial charge >= 0.3 is 5.97 Å². The van der Waals surface area contributed by atoms with Crippen LogP contribution in [0.15, 0.2) is 41.7 Å². The van der Waals surface area contributed by atoms with Crippen LogP contribution >= 0.6 is 11.3 Å². The molecule has 0 aliphatic rings. The number of carbonyl (C=O) groups is 1. The van der Waals surface area contributed by atoms with Gasteiger partial charge in [-0.05, 0) is 30.9 Å². The molecule has 0 aliphatic heterocycles. The van der Waals surface area contributed by atoms with Crippen molar-refractivity contribution in [1.82, 2.24) is 0 Å². The molecule has 0 radical (unpaired) electrons. The van der Waals surface area contributed by atoms with E-state index in [4.69, 9.17) is 9.47 Å². The van der Waals surface area contributed by atoms with E-state index in [1.54, 1.807) is 6.07 Å². The van der Waals surface area contributed by atoms with Gasteiger partial charge in [0, 0.05) is 22.2 Å². The summed E-state index contributed by atoms with van der Waals surface area (Å²) >= 11 is 1.27. The lowest BCUT2D eigenvalue weighted by Crippen LogP contribution is -2.05. The van der Waals surface area contributed by atoms with Crippen molar-refractivity contribution >= 4 is 27.4 Å². The minimum Gasteiger partial charge on any atom is -0.493 e. The van der Waals surface area contributed by atoms with Gasteiger partial charge in [0.2, 0.25) is 4.74 Å². The molecule has 0 aliphatic carbocycles. The lowest BCUT2D eigenvalue weighted by molar-refractivity contribution is -0.137. The van der Waals surface area contributed by atoms with Crippen molar-refractivity contribution in [2.45, 2.75) is 32.6 Å². The van der Waals surface area contributed by atoms with Crippen molar-refractivity contribution in [3.63, 3.8) is 0 Å². The van der Waals surface area contributed by atoms with E-state index in [-0.39, 0.29) is 4.74 Å². The maximum Gasteiger partial charge on any atom is 0.330 e. The second-order valence-electron chi connectivity index (χ2n) is 5.40. The highest BCUT2D eigenvalue weighted by molar-refractivity contribution is 7.16. The molecule has 128 valence electrons. The van der Waals surface area contributed by atoms with E-state index < -0.39 is 5.97 Å². The zero-order chi connectivity index (χ0) is 17.4. The molecule has 0 unspecified atom stereocenters. The molecule has 24 heavy (non-hydrogen) atoms. The fraction of sp³-hybridized carbons (Fsp3) is 0.368. The van der Waals surface area contributed by atoms with E-state index in [0.717, 1.165) is 35.4 Å². The predicted octanol–water partition coefficient (Wildman–Crippen LogP) is 4.10. The summed E-state index contributed by atoms with van der Waals surface area (Å²) in [5.74, 6) is 0.223. The van der Waals surface area contributed by atoms with Gasteiger partial charge in [-0.1, -0.05) is 43.4 Å². The Balaban J connectivity index is 2.01. The molecular weight excluding hydrogens is 324 g/mol. The Morgan fingerprint density at radius 1 is 1.29 bits per heavy atom. The highest BCUT2D eigenvalue weighted by atomic mass is 32.1. The van der Waals surface area contributed by atoms with Gasteiger partial charge in [0.05, 0.1) is 13.2 Å². The van der Waals surface area contributed by atoms with Gasteiger partial charge in [-0.15, -0.1) is 0 Å². The summed E-state index contributed by atoms with van der Waals surface area (Å²) in [7, 11) is 0. The van der Waals surface area contributed by atoms with Crippen LogP contribution < -0.4 is 9.48 Å². The Kier molecular flexibility index (Phi) is 7.00. The number of rotatable bonds is 9. The SMILES string of the molecule is C=CC(=O)OCCCCOc1cc(=O)sc2c(CCC)cccc12. The lowest BCUT2D eigenvalue weighted by Gasteiger charge is -2.11. The molecule has 2 aromatic rings. The van der Waals surface area contributed by atoms with Gasteiger partial charge in [-0.25, -0.2) is 4.79 Å². The molecular formula is C19H22O4S. The quantitative estimate of drug-likeness (QED) is 0.390. The van der Waals surface area contributed by atoms with Crippen LogP contribution in [0.1, 0.15) is 31.7 Å². The third-order valence-electron chi connectivity index (χ3n) is 3.54. The molecule has 0 spiro atoms. The summed E-state index contributed by atoms with van der Waals surface area (Å²) in [4.78, 5) is 22.9. The first-order valence-corrected chi connectivity index (χ1v) is 8.95. The van der Waals surface area contributed by atoms with Crippen molar-refractivity contribution in [3.8, 4) is 5.75 Å². The molecule has 0 atom stereocenters. The molecule has 1 aromatic carbocycles. The first-order valence-electron chi connectivity index (χ1n) is 8.13. The molecule has 1 heterocycles. The summed E-state index contributed by atoms with van der Waals surface area (Å²) in [6.45, 7) is 6.30. The van der Waals surface area contributed by atoms with E-state index >= 15 is 0 Å². The summed E-state index contributed by atoms with van der Waals surface area (Å²) < 4.78 is 11.7. The van der Waals surface area contributed by atoms with Gasteiger partial charge in [0.25, 0.3) is 0 Å². The van der Waals surface area contributed by atoms with Crippen molar-refractivity contribution in [2.75, 3.05) is 13.2 Å². The number of aryl methyl sites for hydroxylation is 1. The number of fused-ring (bicyclic) bond motifs is 1. The summed E-state index contributed by atoms with van der Waals surface area (Å²) in [5.41, 5.74) is 1.19. The maximum atomic E-state index is 12.0. The second-order valence-corrected chi connectivity index (χ2v) is 6.42. The Labute approximate surface area is 145 Å². The molecule has 5 heteroatoms. The largest absolute Gasteiger partial charge is 0.493 e. The van der Waals surface area contributed by atoms with E-state index in [2.05, 4.69) is 19.6 Å². The van der Waals surface area contributed by atoms with Crippen LogP contribution in [0.2, 0.25) is 0 Å². The van der Waals surface area contributed by atoms with Gasteiger partial charge < -0.3 is 9.47 Å². The predicted molar refractivity (Wildman–Crippen MR) is 98.0 cm³/mol. The number of esters is 1. The molecule has 0 fully saturated rings. The standard InChI is InChI=1S/C19H22O4S/c1-3-8-14-9-7-10-15-16(13-18(21)24-19(14)15)22-11-5-6-12-23-17(20)4-2/h4,7,9-10,13H,2-3,5-6,8,11-12H2,1H3. The Hall–Kier alpha value is -2.14. The van der Waals surface area contributed by atoms with Crippen LogP contribution in [-0.2, 0) is 16.0 Å². The monoisotopic (exact) mass is 346 g/mol. The fourth-order valence-corrected chi connectivity index (χ4v) is 3.36. The average Bonchev–Trinajstić information content (AvgIpc) is 2.58. The topological polar surface area (TPSA) is 52.6 Å². The smallest absolute Gasteiger partial charge is 0.330 e. The summed E-state index contributed by atoms with van der Waals surface area (Å²) in [5, 5.41) is 0.989. The molecule has 0 bridgehead atoms. The fourth-order valence-electron chi connectivity index (χ4n) is 2.42. The molecule has 2 rings (SSSR count). The first-order chi connectivity index (χ1) is 11.7. The summed E-state index contributed by atoms with van der Waals surface area (Å²) in [6.07, 6.45) is 4.59. The maximum absolute atomic E-state index is 12.0. The van der Waals surface area contributed by atoms with Gasteiger partial charge in [-0.3, -0.25) is 4.79 Å². The molecule has 1 aromatic heterocycles. The molecule has 4 nitrogen and oxygen atoms in total. The minimum absolute atomic E-state index is 0.000895. The number of hydrogen-bond acceptors (Lipinski definition) is 5. The van der Waals surface area contributed by atoms with Crippen LogP contribution in [0.25, 0.3) is 10.1 Å². The van der Waals surface area contributed by atoms with E-state index in [1.807, 2.05) is 12.1 Å². The third-order valence-corrected chi connectivity index (χ3v) is 4.55. The third kappa shape index (κ3) is 4.93. The van der Waals surface area contributed by atoms with Crippen molar-refractivity contribution in [1.29, 1.82) is 0 Å². The highest BCUT2D eigenvalue weighted by Gasteiger charge is 2.08. The van der Waals surface area contributed by atoms with Crippen LogP contribution in [0.5, 0.6) is 5.75 Å². The Morgan fingerprint density at radius 2 is 2.08 bits per heavy atom. The number of carbonyl (C=O) groups excluding carboxylic acids is 1. The number of benzene rings is 1.